The van der Waals surface area contributed by atoms with Gasteiger partial charge in [-0.3, -0.25) is 4.79 Å². The van der Waals surface area contributed by atoms with Crippen LogP contribution in [0.15, 0.2) is 17.4 Å². The minimum absolute atomic E-state index is 0.239. The molecule has 22 heavy (non-hydrogen) atoms. The Balaban J connectivity index is 1.54. The van der Waals surface area contributed by atoms with E-state index in [4.69, 9.17) is 0 Å². The Hall–Kier alpha value is -1.30. The molecule has 0 unspecified atom stereocenters. The molecule has 1 amide bonds. The summed E-state index contributed by atoms with van der Waals surface area (Å²) in [5.41, 5.74) is 0. The molecule has 120 valence electrons. The fourth-order valence-electron chi connectivity index (χ4n) is 3.08. The first kappa shape index (κ1) is 15.6. The third kappa shape index (κ3) is 4.12. The number of likely N-dealkylation sites (tertiary alicyclic amines) is 1. The van der Waals surface area contributed by atoms with E-state index in [-0.39, 0.29) is 5.91 Å². The van der Waals surface area contributed by atoms with Crippen LogP contribution < -0.4 is 4.90 Å². The summed E-state index contributed by atoms with van der Waals surface area (Å²) in [6.07, 6.45) is 8.94. The van der Waals surface area contributed by atoms with Crippen LogP contribution in [0, 0.1) is 0 Å². The van der Waals surface area contributed by atoms with E-state index in [1.165, 1.54) is 37.4 Å². The van der Waals surface area contributed by atoms with Gasteiger partial charge < -0.3 is 9.80 Å². The largest absolute Gasteiger partial charge is 0.356 e. The van der Waals surface area contributed by atoms with E-state index >= 15 is 0 Å². The van der Waals surface area contributed by atoms with E-state index < -0.39 is 0 Å². The highest BCUT2D eigenvalue weighted by Gasteiger charge is 2.17. The minimum Gasteiger partial charge on any atom is -0.356 e. The van der Waals surface area contributed by atoms with E-state index in [2.05, 4.69) is 14.9 Å². The lowest BCUT2D eigenvalue weighted by Crippen LogP contribution is -2.36. The summed E-state index contributed by atoms with van der Waals surface area (Å²) in [4.78, 5) is 25.2. The third-order valence-electron chi connectivity index (χ3n) is 4.36. The van der Waals surface area contributed by atoms with Gasteiger partial charge >= 0.3 is 0 Å². The Labute approximate surface area is 136 Å². The summed E-state index contributed by atoms with van der Waals surface area (Å²) in [5, 5.41) is 0.904. The number of thioether (sulfide) groups is 1. The lowest BCUT2D eigenvalue weighted by Gasteiger charge is -2.28. The van der Waals surface area contributed by atoms with Crippen LogP contribution in [0.2, 0.25) is 0 Å². The molecule has 3 rings (SSSR count). The molecule has 2 aliphatic heterocycles. The topological polar surface area (TPSA) is 49.3 Å². The summed E-state index contributed by atoms with van der Waals surface area (Å²) in [5.74, 6) is 1.72. The second-order valence-electron chi connectivity index (χ2n) is 5.99. The van der Waals surface area contributed by atoms with Gasteiger partial charge in [-0.05, 0) is 38.5 Å². The Morgan fingerprint density at radius 2 is 1.68 bits per heavy atom. The van der Waals surface area contributed by atoms with E-state index in [9.17, 15) is 4.79 Å². The molecule has 0 bridgehead atoms. The molecule has 0 saturated carbocycles. The fraction of sp³-hybridized carbons (Fsp3) is 0.688. The first-order chi connectivity index (χ1) is 10.8. The third-order valence-corrected chi connectivity index (χ3v) is 5.27. The summed E-state index contributed by atoms with van der Waals surface area (Å²) in [7, 11) is 0. The van der Waals surface area contributed by atoms with E-state index in [0.717, 1.165) is 49.9 Å². The molecule has 2 aliphatic rings. The molecular weight excluding hydrogens is 296 g/mol. The van der Waals surface area contributed by atoms with E-state index in [0.29, 0.717) is 5.75 Å². The van der Waals surface area contributed by atoms with Crippen LogP contribution in [0.1, 0.15) is 38.5 Å². The number of amides is 1. The molecular formula is C16H24N4OS. The van der Waals surface area contributed by atoms with Gasteiger partial charge in [0.2, 0.25) is 5.91 Å². The van der Waals surface area contributed by atoms with Crippen molar-refractivity contribution >= 4 is 23.5 Å². The van der Waals surface area contributed by atoms with Crippen LogP contribution >= 0.6 is 11.8 Å². The number of hydrogen-bond donors (Lipinski definition) is 0. The molecule has 2 fully saturated rings. The Morgan fingerprint density at radius 3 is 2.41 bits per heavy atom. The monoisotopic (exact) mass is 320 g/mol. The van der Waals surface area contributed by atoms with Crippen molar-refractivity contribution in [2.75, 3.05) is 36.8 Å². The summed E-state index contributed by atoms with van der Waals surface area (Å²) >= 11 is 1.53. The lowest BCUT2D eigenvalue weighted by molar-refractivity contribution is -0.129. The van der Waals surface area contributed by atoms with Crippen LogP contribution in [0.4, 0.5) is 5.82 Å². The molecule has 5 nitrogen and oxygen atoms in total. The molecule has 0 aromatic carbocycles. The summed E-state index contributed by atoms with van der Waals surface area (Å²) in [6, 6.07) is 2.03. The standard InChI is InChI=1S/C16H24N4OS/c21-16(20-9-5-2-6-10-20)12-22-15-11-14(17-13-18-15)19-7-3-1-4-8-19/h11,13H,1-10,12H2. The number of piperidine rings is 2. The van der Waals surface area contributed by atoms with Crippen molar-refractivity contribution in [1.82, 2.24) is 14.9 Å². The predicted molar refractivity (Wildman–Crippen MR) is 89.3 cm³/mol. The minimum atomic E-state index is 0.239. The SMILES string of the molecule is O=C(CSc1cc(N2CCCCC2)ncn1)N1CCCCC1. The van der Waals surface area contributed by atoms with Crippen molar-refractivity contribution in [3.63, 3.8) is 0 Å². The first-order valence-corrected chi connectivity index (χ1v) is 9.29. The highest BCUT2D eigenvalue weighted by Crippen LogP contribution is 2.23. The average Bonchev–Trinajstić information content (AvgIpc) is 2.61. The predicted octanol–water partition coefficient (Wildman–Crippen LogP) is 2.57. The van der Waals surface area contributed by atoms with Crippen LogP contribution in [0.5, 0.6) is 0 Å². The second kappa shape index (κ2) is 7.81. The molecule has 0 radical (unpaired) electrons. The van der Waals surface area contributed by atoms with Crippen molar-refractivity contribution < 1.29 is 4.79 Å². The molecule has 1 aromatic rings. The lowest BCUT2D eigenvalue weighted by atomic mass is 10.1. The first-order valence-electron chi connectivity index (χ1n) is 8.30. The molecule has 1 aromatic heterocycles. The average molecular weight is 320 g/mol. The number of carbonyl (C=O) groups is 1. The zero-order valence-corrected chi connectivity index (χ0v) is 13.9. The van der Waals surface area contributed by atoms with Crippen LogP contribution in [0.25, 0.3) is 0 Å². The maximum atomic E-state index is 12.2. The maximum absolute atomic E-state index is 12.2. The number of aromatic nitrogens is 2. The van der Waals surface area contributed by atoms with Crippen molar-refractivity contribution in [1.29, 1.82) is 0 Å². The summed E-state index contributed by atoms with van der Waals surface area (Å²) < 4.78 is 0. The van der Waals surface area contributed by atoms with Crippen molar-refractivity contribution in [3.8, 4) is 0 Å². The van der Waals surface area contributed by atoms with Gasteiger partial charge in [-0.2, -0.15) is 0 Å². The van der Waals surface area contributed by atoms with Gasteiger partial charge in [0.15, 0.2) is 0 Å². The maximum Gasteiger partial charge on any atom is 0.232 e. The van der Waals surface area contributed by atoms with Gasteiger partial charge in [0.05, 0.1) is 5.75 Å². The molecule has 0 aliphatic carbocycles. The van der Waals surface area contributed by atoms with Gasteiger partial charge in [0.25, 0.3) is 0 Å². The zero-order valence-electron chi connectivity index (χ0n) is 13.0. The quantitative estimate of drug-likeness (QED) is 0.630. The van der Waals surface area contributed by atoms with Gasteiger partial charge in [-0.25, -0.2) is 9.97 Å². The van der Waals surface area contributed by atoms with Crippen molar-refractivity contribution in [2.45, 2.75) is 43.6 Å². The van der Waals surface area contributed by atoms with Crippen molar-refractivity contribution in [3.05, 3.63) is 12.4 Å². The van der Waals surface area contributed by atoms with Gasteiger partial charge in [0, 0.05) is 32.2 Å². The number of anilines is 1. The molecule has 0 spiro atoms. The smallest absolute Gasteiger partial charge is 0.232 e. The highest BCUT2D eigenvalue weighted by atomic mass is 32.2. The molecule has 0 atom stereocenters. The molecule has 0 N–H and O–H groups in total. The molecule has 3 heterocycles. The molecule has 6 heteroatoms. The van der Waals surface area contributed by atoms with Crippen molar-refractivity contribution in [2.24, 2.45) is 0 Å². The van der Waals surface area contributed by atoms with Crippen LogP contribution in [-0.4, -0.2) is 52.7 Å². The fourth-order valence-corrected chi connectivity index (χ4v) is 3.84. The van der Waals surface area contributed by atoms with E-state index in [1.54, 1.807) is 6.33 Å². The number of nitrogens with zero attached hydrogens (tertiary/aromatic N) is 4. The number of hydrogen-bond acceptors (Lipinski definition) is 5. The Kier molecular flexibility index (Phi) is 5.53. The second-order valence-corrected chi connectivity index (χ2v) is 6.99. The van der Waals surface area contributed by atoms with E-state index in [1.807, 2.05) is 11.0 Å². The Morgan fingerprint density at radius 1 is 1.00 bits per heavy atom. The van der Waals surface area contributed by atoms with Crippen LogP contribution in [-0.2, 0) is 4.79 Å². The highest BCUT2D eigenvalue weighted by molar-refractivity contribution is 7.99. The van der Waals surface area contributed by atoms with Gasteiger partial charge in [-0.15, -0.1) is 0 Å². The number of rotatable bonds is 4. The summed E-state index contributed by atoms with van der Waals surface area (Å²) in [6.45, 7) is 3.99. The normalized spacial score (nSPS) is 19.3. The molecule has 2 saturated heterocycles. The van der Waals surface area contributed by atoms with Gasteiger partial charge in [0.1, 0.15) is 17.2 Å². The Bertz CT molecular complexity index is 499. The van der Waals surface area contributed by atoms with Crippen LogP contribution in [0.3, 0.4) is 0 Å². The number of carbonyl (C=O) groups excluding carboxylic acids is 1. The zero-order chi connectivity index (χ0) is 15.2. The van der Waals surface area contributed by atoms with Gasteiger partial charge in [-0.1, -0.05) is 11.8 Å².